The molecule has 24 heavy (non-hydrogen) atoms. The van der Waals surface area contributed by atoms with Crippen LogP contribution in [0.4, 0.5) is 0 Å². The van der Waals surface area contributed by atoms with E-state index in [0.717, 1.165) is 25.2 Å². The molecular formula is C22H41NO. The van der Waals surface area contributed by atoms with Crippen LogP contribution in [-0.2, 0) is 4.79 Å². The molecule has 0 aromatic heterocycles. The van der Waals surface area contributed by atoms with Crippen molar-refractivity contribution >= 4 is 5.78 Å². The van der Waals surface area contributed by atoms with Crippen LogP contribution in [0.2, 0.25) is 0 Å². The zero-order valence-electron chi connectivity index (χ0n) is 16.7. The first-order chi connectivity index (χ1) is 11.5. The van der Waals surface area contributed by atoms with Gasteiger partial charge in [-0.25, -0.2) is 0 Å². The number of unbranched alkanes of at least 4 members (excludes halogenated alkanes) is 1. The van der Waals surface area contributed by atoms with Crippen LogP contribution in [0.3, 0.4) is 0 Å². The van der Waals surface area contributed by atoms with Crippen molar-refractivity contribution in [3.05, 3.63) is 0 Å². The largest absolute Gasteiger partial charge is 0.300 e. The SMILES string of the molecule is CCC(C)CCCCC1C(=O)C2CCCCCCC(C2)N(C)C1C. The number of hydrogen-bond donors (Lipinski definition) is 0. The summed E-state index contributed by atoms with van der Waals surface area (Å²) in [6.45, 7) is 6.95. The van der Waals surface area contributed by atoms with Crippen molar-refractivity contribution < 1.29 is 4.79 Å². The Morgan fingerprint density at radius 3 is 2.54 bits per heavy atom. The first kappa shape index (κ1) is 19.9. The van der Waals surface area contributed by atoms with Gasteiger partial charge in [-0.15, -0.1) is 0 Å². The number of likely N-dealkylation sites (tertiary alicyclic amines) is 1. The van der Waals surface area contributed by atoms with Crippen LogP contribution in [0.1, 0.15) is 97.8 Å². The van der Waals surface area contributed by atoms with Crippen LogP contribution >= 0.6 is 0 Å². The summed E-state index contributed by atoms with van der Waals surface area (Å²) in [4.78, 5) is 15.8. The standard InChI is InChI=1S/C22H41NO/c1-5-17(2)12-10-11-15-21-18(3)23(4)20-14-9-7-6-8-13-19(16-20)22(21)24/h17-21H,5-16H2,1-4H3. The highest BCUT2D eigenvalue weighted by molar-refractivity contribution is 5.84. The molecule has 0 aromatic rings. The fourth-order valence-corrected chi connectivity index (χ4v) is 4.92. The molecular weight excluding hydrogens is 294 g/mol. The Hall–Kier alpha value is -0.370. The Kier molecular flexibility index (Phi) is 8.27. The van der Waals surface area contributed by atoms with Crippen LogP contribution < -0.4 is 0 Å². The van der Waals surface area contributed by atoms with Gasteiger partial charge in [-0.2, -0.15) is 0 Å². The molecule has 1 saturated carbocycles. The van der Waals surface area contributed by atoms with Gasteiger partial charge in [0, 0.05) is 23.9 Å². The second-order valence-electron chi connectivity index (χ2n) is 8.79. The lowest BCUT2D eigenvalue weighted by Crippen LogP contribution is -2.42. The van der Waals surface area contributed by atoms with E-state index in [1.165, 1.54) is 57.8 Å². The lowest BCUT2D eigenvalue weighted by atomic mass is 9.82. The maximum atomic E-state index is 13.2. The maximum absolute atomic E-state index is 13.2. The summed E-state index contributed by atoms with van der Waals surface area (Å²) in [5, 5.41) is 0. The highest BCUT2D eigenvalue weighted by atomic mass is 16.1. The van der Waals surface area contributed by atoms with Crippen molar-refractivity contribution in [2.45, 2.75) is 110 Å². The van der Waals surface area contributed by atoms with Gasteiger partial charge >= 0.3 is 0 Å². The molecule has 5 unspecified atom stereocenters. The highest BCUT2D eigenvalue weighted by Crippen LogP contribution is 2.35. The normalized spacial score (nSPS) is 34.1. The van der Waals surface area contributed by atoms with Gasteiger partial charge in [-0.1, -0.05) is 65.2 Å². The van der Waals surface area contributed by atoms with E-state index in [2.05, 4.69) is 32.7 Å². The molecule has 1 aliphatic carbocycles. The molecule has 2 rings (SSSR count). The molecule has 140 valence electrons. The number of rotatable bonds is 6. The van der Waals surface area contributed by atoms with Gasteiger partial charge in [0.1, 0.15) is 5.78 Å². The molecule has 2 aliphatic rings. The number of nitrogens with zero attached hydrogens (tertiary/aromatic N) is 1. The molecule has 1 saturated heterocycles. The summed E-state index contributed by atoms with van der Waals surface area (Å²) < 4.78 is 0. The van der Waals surface area contributed by atoms with E-state index in [1.807, 2.05) is 0 Å². The van der Waals surface area contributed by atoms with Crippen molar-refractivity contribution in [3.63, 3.8) is 0 Å². The van der Waals surface area contributed by atoms with Crippen LogP contribution in [0.25, 0.3) is 0 Å². The first-order valence-electron chi connectivity index (χ1n) is 10.8. The molecule has 2 fully saturated rings. The molecule has 0 aromatic carbocycles. The molecule has 1 aliphatic heterocycles. The predicted molar refractivity (Wildman–Crippen MR) is 103 cm³/mol. The first-order valence-corrected chi connectivity index (χ1v) is 10.8. The summed E-state index contributed by atoms with van der Waals surface area (Å²) in [5.41, 5.74) is 0. The quantitative estimate of drug-likeness (QED) is 0.568. The van der Waals surface area contributed by atoms with Crippen LogP contribution in [-0.4, -0.2) is 29.8 Å². The van der Waals surface area contributed by atoms with Gasteiger partial charge in [0.2, 0.25) is 0 Å². The Morgan fingerprint density at radius 2 is 1.83 bits per heavy atom. The molecule has 0 radical (unpaired) electrons. The van der Waals surface area contributed by atoms with Crippen molar-refractivity contribution in [3.8, 4) is 0 Å². The third-order valence-corrected chi connectivity index (χ3v) is 7.12. The predicted octanol–water partition coefficient (Wildman–Crippen LogP) is 5.84. The van der Waals surface area contributed by atoms with E-state index in [9.17, 15) is 4.79 Å². The van der Waals surface area contributed by atoms with E-state index < -0.39 is 0 Å². The molecule has 1 heterocycles. The van der Waals surface area contributed by atoms with Gasteiger partial charge in [-0.3, -0.25) is 4.79 Å². The minimum Gasteiger partial charge on any atom is -0.300 e. The number of fused-ring (bicyclic) bond motifs is 2. The van der Waals surface area contributed by atoms with Crippen LogP contribution in [0, 0.1) is 17.8 Å². The molecule has 2 heteroatoms. The molecule has 2 nitrogen and oxygen atoms in total. The summed E-state index contributed by atoms with van der Waals surface area (Å²) >= 11 is 0. The molecule has 0 amide bonds. The van der Waals surface area contributed by atoms with E-state index in [-0.39, 0.29) is 5.92 Å². The Labute approximate surface area is 150 Å². The number of Topliss-reactive ketones (excluding diaryl/α,β-unsaturated/α-hetero) is 1. The molecule has 0 spiro atoms. The fourth-order valence-electron chi connectivity index (χ4n) is 4.92. The minimum absolute atomic E-state index is 0.279. The number of ketones is 1. The second-order valence-corrected chi connectivity index (χ2v) is 8.79. The van der Waals surface area contributed by atoms with Gasteiger partial charge in [-0.05, 0) is 45.6 Å². The van der Waals surface area contributed by atoms with Gasteiger partial charge in [0.05, 0.1) is 0 Å². The van der Waals surface area contributed by atoms with Crippen molar-refractivity contribution in [2.75, 3.05) is 7.05 Å². The zero-order valence-corrected chi connectivity index (χ0v) is 16.7. The topological polar surface area (TPSA) is 20.3 Å². The average Bonchev–Trinajstić information content (AvgIpc) is 2.68. The fraction of sp³-hybridized carbons (Fsp3) is 0.955. The maximum Gasteiger partial charge on any atom is 0.140 e. The zero-order chi connectivity index (χ0) is 17.5. The number of carbonyl (C=O) groups excluding carboxylic acids is 1. The lowest BCUT2D eigenvalue weighted by molar-refractivity contribution is -0.128. The van der Waals surface area contributed by atoms with Crippen molar-refractivity contribution in [1.29, 1.82) is 0 Å². The van der Waals surface area contributed by atoms with Gasteiger partial charge in [0.15, 0.2) is 0 Å². The monoisotopic (exact) mass is 335 g/mol. The lowest BCUT2D eigenvalue weighted by Gasteiger charge is -2.34. The summed E-state index contributed by atoms with van der Waals surface area (Å²) in [6.07, 6.45) is 15.1. The minimum atomic E-state index is 0.279. The Morgan fingerprint density at radius 1 is 1.12 bits per heavy atom. The smallest absolute Gasteiger partial charge is 0.140 e. The van der Waals surface area contributed by atoms with Crippen LogP contribution in [0.5, 0.6) is 0 Å². The third-order valence-electron chi connectivity index (χ3n) is 7.12. The van der Waals surface area contributed by atoms with Crippen molar-refractivity contribution in [2.24, 2.45) is 17.8 Å². The number of carbonyl (C=O) groups is 1. The third kappa shape index (κ3) is 5.31. The number of hydrogen-bond acceptors (Lipinski definition) is 2. The Bertz CT molecular complexity index is 380. The highest BCUT2D eigenvalue weighted by Gasteiger charge is 2.39. The van der Waals surface area contributed by atoms with E-state index in [4.69, 9.17) is 0 Å². The van der Waals surface area contributed by atoms with Gasteiger partial charge in [0.25, 0.3) is 0 Å². The van der Waals surface area contributed by atoms with Crippen molar-refractivity contribution in [1.82, 2.24) is 4.90 Å². The summed E-state index contributed by atoms with van der Waals surface area (Å²) in [6, 6.07) is 1.06. The second kappa shape index (κ2) is 9.94. The van der Waals surface area contributed by atoms with Crippen LogP contribution in [0.15, 0.2) is 0 Å². The van der Waals surface area contributed by atoms with Gasteiger partial charge < -0.3 is 4.90 Å². The van der Waals surface area contributed by atoms with E-state index >= 15 is 0 Å². The Balaban J connectivity index is 1.99. The molecule has 2 bridgehead atoms. The molecule has 0 N–H and O–H groups in total. The average molecular weight is 336 g/mol. The van der Waals surface area contributed by atoms with E-state index in [0.29, 0.717) is 23.8 Å². The molecule has 5 atom stereocenters. The summed E-state index contributed by atoms with van der Waals surface area (Å²) in [7, 11) is 2.29. The summed E-state index contributed by atoms with van der Waals surface area (Å²) in [5.74, 6) is 2.08. The van der Waals surface area contributed by atoms with E-state index in [1.54, 1.807) is 0 Å².